The summed E-state index contributed by atoms with van der Waals surface area (Å²) < 4.78 is 5.29. The summed E-state index contributed by atoms with van der Waals surface area (Å²) in [4.78, 5) is 20.8. The van der Waals surface area contributed by atoms with Gasteiger partial charge in [-0.2, -0.15) is 0 Å². The van der Waals surface area contributed by atoms with Gasteiger partial charge in [-0.1, -0.05) is 24.3 Å². The van der Waals surface area contributed by atoms with E-state index in [1.54, 1.807) is 13.2 Å². The standard InChI is InChI=1S/C19H18N4O2/c1-13-6-5-7-14(12-13)21-18(24)16-10-11-20-19(23-16)22-15-8-3-4-9-17(15)25-2/h3-12H,1-2H3,(H,21,24)(H,20,22,23). The van der Waals surface area contributed by atoms with Crippen LogP contribution in [-0.4, -0.2) is 23.0 Å². The fraction of sp³-hybridized carbons (Fsp3) is 0.105. The lowest BCUT2D eigenvalue weighted by molar-refractivity contribution is 0.102. The smallest absolute Gasteiger partial charge is 0.274 e. The number of benzene rings is 2. The molecule has 0 unspecified atom stereocenters. The number of aryl methyl sites for hydroxylation is 1. The average molecular weight is 334 g/mol. The fourth-order valence-corrected chi connectivity index (χ4v) is 2.33. The summed E-state index contributed by atoms with van der Waals surface area (Å²) in [5.74, 6) is 0.693. The van der Waals surface area contributed by atoms with Gasteiger partial charge in [0.2, 0.25) is 5.95 Å². The van der Waals surface area contributed by atoms with Crippen molar-refractivity contribution >= 4 is 23.2 Å². The van der Waals surface area contributed by atoms with E-state index in [1.165, 1.54) is 6.20 Å². The van der Waals surface area contributed by atoms with Crippen LogP contribution in [0, 0.1) is 6.92 Å². The maximum atomic E-state index is 12.4. The molecule has 3 rings (SSSR count). The van der Waals surface area contributed by atoms with Gasteiger partial charge >= 0.3 is 0 Å². The van der Waals surface area contributed by atoms with Gasteiger partial charge in [0.25, 0.3) is 5.91 Å². The molecule has 3 aromatic rings. The SMILES string of the molecule is COc1ccccc1Nc1nccc(C(=O)Nc2cccc(C)c2)n1. The molecule has 0 bridgehead atoms. The third-order valence-corrected chi connectivity index (χ3v) is 3.52. The zero-order chi connectivity index (χ0) is 17.6. The Morgan fingerprint density at radius 1 is 1.08 bits per heavy atom. The molecule has 0 spiro atoms. The van der Waals surface area contributed by atoms with E-state index in [0.717, 1.165) is 16.9 Å². The maximum Gasteiger partial charge on any atom is 0.274 e. The minimum absolute atomic E-state index is 0.272. The number of para-hydroxylation sites is 2. The largest absolute Gasteiger partial charge is 0.495 e. The van der Waals surface area contributed by atoms with Gasteiger partial charge in [0.1, 0.15) is 11.4 Å². The number of carbonyl (C=O) groups is 1. The molecule has 1 aromatic heterocycles. The number of hydrogen-bond acceptors (Lipinski definition) is 5. The number of anilines is 3. The van der Waals surface area contributed by atoms with Crippen LogP contribution in [0.4, 0.5) is 17.3 Å². The van der Waals surface area contributed by atoms with Gasteiger partial charge in [-0.15, -0.1) is 0 Å². The Kier molecular flexibility index (Phi) is 4.89. The van der Waals surface area contributed by atoms with Crippen molar-refractivity contribution in [2.75, 3.05) is 17.7 Å². The van der Waals surface area contributed by atoms with Crippen molar-refractivity contribution in [1.82, 2.24) is 9.97 Å². The van der Waals surface area contributed by atoms with E-state index in [4.69, 9.17) is 4.74 Å². The molecule has 0 aliphatic heterocycles. The minimum atomic E-state index is -0.295. The van der Waals surface area contributed by atoms with Gasteiger partial charge in [-0.05, 0) is 42.8 Å². The lowest BCUT2D eigenvalue weighted by Crippen LogP contribution is -2.14. The van der Waals surface area contributed by atoms with Gasteiger partial charge in [-0.25, -0.2) is 9.97 Å². The first-order chi connectivity index (χ1) is 12.2. The molecule has 1 heterocycles. The van der Waals surface area contributed by atoms with E-state index in [9.17, 15) is 4.79 Å². The van der Waals surface area contributed by atoms with Gasteiger partial charge in [0.05, 0.1) is 12.8 Å². The van der Waals surface area contributed by atoms with Gasteiger partial charge < -0.3 is 15.4 Å². The molecule has 2 N–H and O–H groups in total. The van der Waals surface area contributed by atoms with Crippen LogP contribution in [0.3, 0.4) is 0 Å². The number of ether oxygens (including phenoxy) is 1. The topological polar surface area (TPSA) is 76.1 Å². The van der Waals surface area contributed by atoms with Gasteiger partial charge in [0.15, 0.2) is 0 Å². The molecule has 6 nitrogen and oxygen atoms in total. The van der Waals surface area contributed by atoms with Crippen LogP contribution in [0.15, 0.2) is 60.8 Å². The first-order valence-electron chi connectivity index (χ1n) is 7.77. The maximum absolute atomic E-state index is 12.4. The monoisotopic (exact) mass is 334 g/mol. The van der Waals surface area contributed by atoms with Crippen molar-refractivity contribution in [2.24, 2.45) is 0 Å². The highest BCUT2D eigenvalue weighted by Crippen LogP contribution is 2.25. The van der Waals surface area contributed by atoms with Crippen LogP contribution in [0.5, 0.6) is 5.75 Å². The zero-order valence-corrected chi connectivity index (χ0v) is 14.0. The van der Waals surface area contributed by atoms with Crippen molar-refractivity contribution in [3.63, 3.8) is 0 Å². The quantitative estimate of drug-likeness (QED) is 0.742. The molecule has 0 saturated carbocycles. The molecular weight excluding hydrogens is 316 g/mol. The van der Waals surface area contributed by atoms with E-state index in [-0.39, 0.29) is 11.6 Å². The highest BCUT2D eigenvalue weighted by molar-refractivity contribution is 6.03. The molecule has 0 radical (unpaired) electrons. The predicted molar refractivity (Wildman–Crippen MR) is 97.4 cm³/mol. The molecule has 0 atom stereocenters. The van der Waals surface area contributed by atoms with Gasteiger partial charge in [0, 0.05) is 11.9 Å². The molecule has 6 heteroatoms. The number of nitrogens with one attached hydrogen (secondary N) is 2. The summed E-state index contributed by atoms with van der Waals surface area (Å²) in [5, 5.41) is 5.90. The van der Waals surface area contributed by atoms with E-state index in [2.05, 4.69) is 20.6 Å². The normalized spacial score (nSPS) is 10.2. The molecule has 2 aromatic carbocycles. The Morgan fingerprint density at radius 3 is 2.72 bits per heavy atom. The Morgan fingerprint density at radius 2 is 1.92 bits per heavy atom. The second-order valence-electron chi connectivity index (χ2n) is 5.41. The van der Waals surface area contributed by atoms with Crippen molar-refractivity contribution in [2.45, 2.75) is 6.92 Å². The second-order valence-corrected chi connectivity index (χ2v) is 5.41. The molecule has 25 heavy (non-hydrogen) atoms. The van der Waals surface area contributed by atoms with E-state index in [1.807, 2.05) is 55.5 Å². The highest BCUT2D eigenvalue weighted by atomic mass is 16.5. The predicted octanol–water partition coefficient (Wildman–Crippen LogP) is 3.79. The number of amides is 1. The molecule has 1 amide bonds. The zero-order valence-electron chi connectivity index (χ0n) is 14.0. The fourth-order valence-electron chi connectivity index (χ4n) is 2.33. The van der Waals surface area contributed by atoms with Crippen LogP contribution in [0.2, 0.25) is 0 Å². The first kappa shape index (κ1) is 16.4. The van der Waals surface area contributed by atoms with E-state index < -0.39 is 0 Å². The van der Waals surface area contributed by atoms with Crippen LogP contribution < -0.4 is 15.4 Å². The van der Waals surface area contributed by atoms with Crippen molar-refractivity contribution in [3.8, 4) is 5.75 Å². The third-order valence-electron chi connectivity index (χ3n) is 3.52. The number of nitrogens with zero attached hydrogens (tertiary/aromatic N) is 2. The summed E-state index contributed by atoms with van der Waals surface area (Å²) in [7, 11) is 1.59. The molecule has 0 aliphatic carbocycles. The Balaban J connectivity index is 1.78. The lowest BCUT2D eigenvalue weighted by Gasteiger charge is -2.10. The van der Waals surface area contributed by atoms with Crippen LogP contribution in [0.25, 0.3) is 0 Å². The molecule has 0 saturated heterocycles. The number of methoxy groups -OCH3 is 1. The van der Waals surface area contributed by atoms with Crippen molar-refractivity contribution in [3.05, 3.63) is 72.1 Å². The summed E-state index contributed by atoms with van der Waals surface area (Å²) in [6, 6.07) is 16.6. The van der Waals surface area contributed by atoms with Crippen LogP contribution in [-0.2, 0) is 0 Å². The van der Waals surface area contributed by atoms with E-state index >= 15 is 0 Å². The van der Waals surface area contributed by atoms with Crippen molar-refractivity contribution < 1.29 is 9.53 Å². The summed E-state index contributed by atoms with van der Waals surface area (Å²) >= 11 is 0. The second kappa shape index (κ2) is 7.44. The molecule has 0 fully saturated rings. The lowest BCUT2D eigenvalue weighted by atomic mass is 10.2. The number of carbonyl (C=O) groups excluding carboxylic acids is 1. The number of rotatable bonds is 5. The van der Waals surface area contributed by atoms with Crippen molar-refractivity contribution in [1.29, 1.82) is 0 Å². The Labute approximate surface area is 145 Å². The summed E-state index contributed by atoms with van der Waals surface area (Å²) in [6.45, 7) is 1.97. The van der Waals surface area contributed by atoms with E-state index in [0.29, 0.717) is 11.7 Å². The average Bonchev–Trinajstić information content (AvgIpc) is 2.62. The third kappa shape index (κ3) is 4.11. The highest BCUT2D eigenvalue weighted by Gasteiger charge is 2.10. The summed E-state index contributed by atoms with van der Waals surface area (Å²) in [6.07, 6.45) is 1.54. The minimum Gasteiger partial charge on any atom is -0.495 e. The number of aromatic nitrogens is 2. The molecule has 0 aliphatic rings. The van der Waals surface area contributed by atoms with Crippen LogP contribution in [0.1, 0.15) is 16.1 Å². The molecule has 126 valence electrons. The van der Waals surface area contributed by atoms with Gasteiger partial charge in [-0.3, -0.25) is 4.79 Å². The van der Waals surface area contributed by atoms with Crippen LogP contribution >= 0.6 is 0 Å². The summed E-state index contributed by atoms with van der Waals surface area (Å²) in [5.41, 5.74) is 2.79. The Hall–Kier alpha value is -3.41. The first-order valence-corrected chi connectivity index (χ1v) is 7.77. The number of hydrogen-bond donors (Lipinski definition) is 2. The molecular formula is C19H18N4O2. The Bertz CT molecular complexity index is 896.